The molecule has 3 aromatic rings. The van der Waals surface area contributed by atoms with Crippen LogP contribution in [0.5, 0.6) is 0 Å². The second kappa shape index (κ2) is 8.44. The number of anilines is 2. The van der Waals surface area contributed by atoms with Gasteiger partial charge in [-0.3, -0.25) is 29.5 Å². The van der Waals surface area contributed by atoms with Gasteiger partial charge in [0.15, 0.2) is 0 Å². The molecule has 2 amide bonds. The molecule has 10 heteroatoms. The predicted octanol–water partition coefficient (Wildman–Crippen LogP) is 4.17. The Morgan fingerprint density at radius 3 is 2.31 bits per heavy atom. The van der Waals surface area contributed by atoms with Crippen LogP contribution in [0.25, 0.3) is 0 Å². The molecular weight excluding hydrogens is 472 g/mol. The number of hydrogen-bond donors (Lipinski definition) is 0. The van der Waals surface area contributed by atoms with Crippen LogP contribution in [0.15, 0.2) is 77.9 Å². The Morgan fingerprint density at radius 1 is 0.971 bits per heavy atom. The van der Waals surface area contributed by atoms with Crippen LogP contribution in [0.2, 0.25) is 5.02 Å². The maximum atomic E-state index is 13.7. The Hall–Kier alpha value is -4.37. The van der Waals surface area contributed by atoms with Crippen molar-refractivity contribution >= 4 is 52.0 Å². The summed E-state index contributed by atoms with van der Waals surface area (Å²) in [6.45, 7) is 1.70. The summed E-state index contributed by atoms with van der Waals surface area (Å²) in [4.78, 5) is 52.2. The van der Waals surface area contributed by atoms with Gasteiger partial charge >= 0.3 is 0 Å². The Kier molecular flexibility index (Phi) is 5.41. The molecule has 35 heavy (non-hydrogen) atoms. The van der Waals surface area contributed by atoms with Gasteiger partial charge in [0.1, 0.15) is 17.7 Å². The Balaban J connectivity index is 1.63. The van der Waals surface area contributed by atoms with Crippen molar-refractivity contribution in [3.8, 4) is 0 Å². The molecule has 2 atom stereocenters. The van der Waals surface area contributed by atoms with E-state index >= 15 is 0 Å². The summed E-state index contributed by atoms with van der Waals surface area (Å²) in [7, 11) is 0. The van der Waals surface area contributed by atoms with E-state index in [1.54, 1.807) is 55.5 Å². The zero-order chi connectivity index (χ0) is 24.9. The molecule has 0 aromatic heterocycles. The average Bonchev–Trinajstić information content (AvgIpc) is 3.38. The fourth-order valence-electron chi connectivity index (χ4n) is 4.36. The first-order valence-corrected chi connectivity index (χ1v) is 11.0. The minimum Gasteiger partial charge on any atom is -0.287 e. The smallest absolute Gasteiger partial charge is 0.269 e. The average molecular weight is 489 g/mol. The zero-order valence-corrected chi connectivity index (χ0v) is 19.0. The van der Waals surface area contributed by atoms with Gasteiger partial charge in [-0.05, 0) is 36.8 Å². The maximum absolute atomic E-state index is 13.7. The molecule has 0 N–H and O–H groups in total. The molecule has 0 saturated carbocycles. The highest BCUT2D eigenvalue weighted by Gasteiger charge is 2.58. The fraction of sp³-hybridized carbons (Fsp3) is 0.120. The molecule has 2 aliphatic heterocycles. The lowest BCUT2D eigenvalue weighted by atomic mass is 9.92. The number of benzene rings is 3. The monoisotopic (exact) mass is 488 g/mol. The van der Waals surface area contributed by atoms with Crippen LogP contribution in [0.3, 0.4) is 0 Å². The Morgan fingerprint density at radius 2 is 1.66 bits per heavy atom. The van der Waals surface area contributed by atoms with E-state index in [4.69, 9.17) is 11.6 Å². The minimum absolute atomic E-state index is 0.0694. The van der Waals surface area contributed by atoms with Crippen LogP contribution in [0.1, 0.15) is 15.9 Å². The van der Waals surface area contributed by atoms with E-state index in [2.05, 4.69) is 5.10 Å². The van der Waals surface area contributed by atoms with Crippen molar-refractivity contribution in [2.45, 2.75) is 13.0 Å². The van der Waals surface area contributed by atoms with Gasteiger partial charge in [-0.25, -0.2) is 4.90 Å². The van der Waals surface area contributed by atoms with Crippen LogP contribution >= 0.6 is 11.6 Å². The minimum atomic E-state index is -1.15. The van der Waals surface area contributed by atoms with Crippen molar-refractivity contribution in [3.05, 3.63) is 99.1 Å². The van der Waals surface area contributed by atoms with Gasteiger partial charge in [-0.2, -0.15) is 5.10 Å². The number of imide groups is 1. The molecule has 0 radical (unpaired) electrons. The maximum Gasteiger partial charge on any atom is 0.269 e. The second-order valence-electron chi connectivity index (χ2n) is 8.12. The van der Waals surface area contributed by atoms with E-state index in [0.717, 1.165) is 4.90 Å². The van der Waals surface area contributed by atoms with Crippen LogP contribution in [-0.4, -0.2) is 34.3 Å². The van der Waals surface area contributed by atoms with Gasteiger partial charge in [0.2, 0.25) is 11.7 Å². The van der Waals surface area contributed by atoms with E-state index in [9.17, 15) is 24.5 Å². The number of nitrogens with zero attached hydrogens (tertiary/aromatic N) is 4. The number of non-ortho nitro benzene ring substituents is 1. The molecule has 5 rings (SSSR count). The normalized spacial score (nSPS) is 19.1. The summed E-state index contributed by atoms with van der Waals surface area (Å²) >= 11 is 6.24. The molecule has 0 bridgehead atoms. The van der Waals surface area contributed by atoms with Crippen LogP contribution in [0.4, 0.5) is 17.1 Å². The van der Waals surface area contributed by atoms with Gasteiger partial charge in [0, 0.05) is 22.7 Å². The van der Waals surface area contributed by atoms with E-state index in [1.807, 2.05) is 0 Å². The summed E-state index contributed by atoms with van der Waals surface area (Å²) in [6, 6.07) is 17.5. The van der Waals surface area contributed by atoms with Crippen LogP contribution in [-0.2, 0) is 9.59 Å². The van der Waals surface area contributed by atoms with Crippen molar-refractivity contribution in [1.29, 1.82) is 0 Å². The van der Waals surface area contributed by atoms with Gasteiger partial charge < -0.3 is 0 Å². The SMILES string of the molecule is Cc1c(Cl)cccc1N1C(=O)[C@@H]2C(C(=O)c3ccccc3)=NN(c3ccc([N+](=O)[O-])cc3)[C@@H]2C1=O. The number of ketones is 1. The van der Waals surface area contributed by atoms with Crippen molar-refractivity contribution < 1.29 is 19.3 Å². The molecule has 2 heterocycles. The highest BCUT2D eigenvalue weighted by Crippen LogP contribution is 2.40. The number of nitro benzene ring substituents is 1. The molecule has 9 nitrogen and oxygen atoms in total. The van der Waals surface area contributed by atoms with Crippen molar-refractivity contribution in [2.24, 2.45) is 11.0 Å². The second-order valence-corrected chi connectivity index (χ2v) is 8.52. The lowest BCUT2D eigenvalue weighted by Crippen LogP contribution is -2.39. The third kappa shape index (κ3) is 3.57. The summed E-state index contributed by atoms with van der Waals surface area (Å²) in [5.74, 6) is -2.78. The molecule has 3 aromatic carbocycles. The molecule has 174 valence electrons. The molecule has 0 spiro atoms. The van der Waals surface area contributed by atoms with E-state index in [0.29, 0.717) is 27.5 Å². The van der Waals surface area contributed by atoms with Gasteiger partial charge in [-0.15, -0.1) is 0 Å². The number of rotatable bonds is 5. The number of hydrogen-bond acceptors (Lipinski definition) is 7. The van der Waals surface area contributed by atoms with E-state index < -0.39 is 34.5 Å². The number of nitro groups is 1. The van der Waals surface area contributed by atoms with Crippen molar-refractivity contribution in [3.63, 3.8) is 0 Å². The zero-order valence-electron chi connectivity index (χ0n) is 18.3. The molecular formula is C25H17ClN4O5. The summed E-state index contributed by atoms with van der Waals surface area (Å²) < 4.78 is 0. The molecule has 2 aliphatic rings. The van der Waals surface area contributed by atoms with E-state index in [1.165, 1.54) is 29.3 Å². The first-order valence-electron chi connectivity index (χ1n) is 10.6. The Labute approximate surface area is 204 Å². The Bertz CT molecular complexity index is 1420. The molecule has 0 aliphatic carbocycles. The number of halogens is 1. The lowest BCUT2D eigenvalue weighted by Gasteiger charge is -2.23. The molecule has 1 fully saturated rings. The van der Waals surface area contributed by atoms with Crippen molar-refractivity contribution in [1.82, 2.24) is 0 Å². The third-order valence-electron chi connectivity index (χ3n) is 6.12. The van der Waals surface area contributed by atoms with E-state index in [-0.39, 0.29) is 11.4 Å². The number of carbonyl (C=O) groups is 3. The predicted molar refractivity (Wildman–Crippen MR) is 130 cm³/mol. The highest BCUT2D eigenvalue weighted by molar-refractivity contribution is 6.53. The molecule has 1 saturated heterocycles. The quantitative estimate of drug-likeness (QED) is 0.230. The number of carbonyl (C=O) groups excluding carboxylic acids is 3. The highest BCUT2D eigenvalue weighted by atomic mass is 35.5. The summed E-state index contributed by atoms with van der Waals surface area (Å²) in [6.07, 6.45) is 0. The number of hydrazone groups is 1. The standard InChI is InChI=1S/C25H17ClN4O5/c1-14-18(26)8-5-9-19(14)28-24(32)20-21(23(31)15-6-3-2-4-7-15)27-29(22(20)25(28)33)16-10-12-17(13-11-16)30(34)35/h2-13,20,22H,1H3/t20-,22+/m1/s1. The van der Waals surface area contributed by atoms with Gasteiger partial charge in [-0.1, -0.05) is 48.0 Å². The largest absolute Gasteiger partial charge is 0.287 e. The van der Waals surface area contributed by atoms with Gasteiger partial charge in [0.25, 0.3) is 11.6 Å². The first kappa shape index (κ1) is 22.4. The number of Topliss-reactive ketones (excluding diaryl/α,β-unsaturated/α-hetero) is 1. The van der Waals surface area contributed by atoms with Gasteiger partial charge in [0.05, 0.1) is 16.3 Å². The van der Waals surface area contributed by atoms with Crippen LogP contribution in [0, 0.1) is 23.0 Å². The number of fused-ring (bicyclic) bond motifs is 1. The summed E-state index contributed by atoms with van der Waals surface area (Å²) in [5, 5.41) is 17.2. The topological polar surface area (TPSA) is 113 Å². The molecule has 0 unspecified atom stereocenters. The number of amides is 2. The lowest BCUT2D eigenvalue weighted by molar-refractivity contribution is -0.384. The fourth-order valence-corrected chi connectivity index (χ4v) is 4.53. The van der Waals surface area contributed by atoms with Crippen molar-refractivity contribution in [2.75, 3.05) is 9.91 Å². The van der Waals surface area contributed by atoms with Crippen LogP contribution < -0.4 is 9.91 Å². The third-order valence-corrected chi connectivity index (χ3v) is 6.53. The summed E-state index contributed by atoms with van der Waals surface area (Å²) in [5.41, 5.74) is 1.34. The first-order chi connectivity index (χ1) is 16.8.